The molecule has 0 radical (unpaired) electrons. The first-order valence-corrected chi connectivity index (χ1v) is 7.08. The molecule has 0 unspecified atom stereocenters. The van der Waals surface area contributed by atoms with E-state index in [2.05, 4.69) is 35.9 Å². The molecule has 2 aromatic rings. The zero-order valence-electron chi connectivity index (χ0n) is 10.7. The molecule has 0 amide bonds. The zero-order valence-corrected chi connectivity index (χ0v) is 11.5. The number of benzene rings is 1. The fourth-order valence-corrected chi connectivity index (χ4v) is 2.36. The van der Waals surface area contributed by atoms with E-state index in [9.17, 15) is 0 Å². The lowest BCUT2D eigenvalue weighted by atomic mass is 10.2. The van der Waals surface area contributed by atoms with Crippen LogP contribution in [-0.2, 0) is 6.42 Å². The molecule has 94 valence electrons. The van der Waals surface area contributed by atoms with E-state index in [0.717, 1.165) is 23.4 Å². The summed E-state index contributed by atoms with van der Waals surface area (Å²) >= 11 is 1.82. The van der Waals surface area contributed by atoms with Gasteiger partial charge in [0.25, 0.3) is 0 Å². The lowest BCUT2D eigenvalue weighted by Crippen LogP contribution is -1.99. The number of rotatable bonds is 4. The number of anilines is 1. The van der Waals surface area contributed by atoms with Crippen molar-refractivity contribution in [1.29, 1.82) is 0 Å². The van der Waals surface area contributed by atoms with Crippen molar-refractivity contribution in [3.8, 4) is 11.4 Å². The predicted molar refractivity (Wildman–Crippen MR) is 77.7 cm³/mol. The van der Waals surface area contributed by atoms with Crippen molar-refractivity contribution in [2.75, 3.05) is 11.5 Å². The summed E-state index contributed by atoms with van der Waals surface area (Å²) in [5.41, 5.74) is 7.78. The number of thioether (sulfide) groups is 1. The third-order valence-corrected chi connectivity index (χ3v) is 3.48. The minimum absolute atomic E-state index is 0.531. The second-order valence-corrected chi connectivity index (χ2v) is 5.26. The van der Waals surface area contributed by atoms with Gasteiger partial charge in [-0.3, -0.25) is 0 Å². The van der Waals surface area contributed by atoms with Crippen LogP contribution in [0.1, 0.15) is 19.5 Å². The molecular weight excluding hydrogens is 242 g/mol. The maximum Gasteiger partial charge on any atom is 0.161 e. The molecular formula is C14H17N3S. The molecule has 2 rings (SSSR count). The molecule has 18 heavy (non-hydrogen) atoms. The number of nitrogens with two attached hydrogens (primary N) is 1. The molecule has 3 nitrogen and oxygen atoms in total. The lowest BCUT2D eigenvalue weighted by molar-refractivity contribution is 1.01. The summed E-state index contributed by atoms with van der Waals surface area (Å²) in [7, 11) is 0. The van der Waals surface area contributed by atoms with Gasteiger partial charge in [0.05, 0.1) is 0 Å². The molecule has 0 saturated carbocycles. The van der Waals surface area contributed by atoms with Crippen LogP contribution in [0, 0.1) is 0 Å². The summed E-state index contributed by atoms with van der Waals surface area (Å²) < 4.78 is 0. The van der Waals surface area contributed by atoms with Crippen molar-refractivity contribution in [3.63, 3.8) is 0 Å². The Kier molecular flexibility index (Phi) is 4.20. The largest absolute Gasteiger partial charge is 0.384 e. The lowest BCUT2D eigenvalue weighted by Gasteiger charge is -2.05. The molecule has 0 aliphatic carbocycles. The Morgan fingerprint density at radius 1 is 1.11 bits per heavy atom. The molecule has 1 aromatic heterocycles. The van der Waals surface area contributed by atoms with E-state index in [4.69, 9.17) is 5.73 Å². The number of aryl methyl sites for hydroxylation is 1. The van der Waals surface area contributed by atoms with E-state index in [0.29, 0.717) is 11.6 Å². The number of aromatic nitrogens is 2. The second kappa shape index (κ2) is 5.87. The van der Waals surface area contributed by atoms with Gasteiger partial charge in [-0.1, -0.05) is 26.0 Å². The van der Waals surface area contributed by atoms with Crippen molar-refractivity contribution < 1.29 is 0 Å². The first kappa shape index (κ1) is 12.9. The number of nitrogen functional groups attached to an aromatic ring is 1. The Balaban J connectivity index is 2.33. The van der Waals surface area contributed by atoms with Gasteiger partial charge < -0.3 is 5.73 Å². The first-order valence-electron chi connectivity index (χ1n) is 6.09. The van der Waals surface area contributed by atoms with Crippen molar-refractivity contribution in [2.24, 2.45) is 0 Å². The fraction of sp³-hybridized carbons (Fsp3) is 0.286. The van der Waals surface area contributed by atoms with Gasteiger partial charge in [-0.15, -0.1) is 11.8 Å². The summed E-state index contributed by atoms with van der Waals surface area (Å²) in [6, 6.07) is 10.1. The molecule has 0 bridgehead atoms. The SMILES string of the molecule is CCSc1ccc(-c2nc(N)cc(CC)n2)cc1. The van der Waals surface area contributed by atoms with Crippen LogP contribution >= 0.6 is 11.8 Å². The molecule has 0 atom stereocenters. The smallest absolute Gasteiger partial charge is 0.161 e. The molecule has 0 spiro atoms. The van der Waals surface area contributed by atoms with Gasteiger partial charge in [0, 0.05) is 22.2 Å². The van der Waals surface area contributed by atoms with Gasteiger partial charge in [-0.2, -0.15) is 0 Å². The monoisotopic (exact) mass is 259 g/mol. The third-order valence-electron chi connectivity index (χ3n) is 2.58. The molecule has 4 heteroatoms. The topological polar surface area (TPSA) is 51.8 Å². The van der Waals surface area contributed by atoms with Crippen molar-refractivity contribution in [3.05, 3.63) is 36.0 Å². The molecule has 1 aromatic carbocycles. The maximum absolute atomic E-state index is 5.79. The van der Waals surface area contributed by atoms with Gasteiger partial charge in [0.15, 0.2) is 5.82 Å². The van der Waals surface area contributed by atoms with Crippen LogP contribution in [0.3, 0.4) is 0 Å². The molecule has 0 aliphatic heterocycles. The van der Waals surface area contributed by atoms with E-state index < -0.39 is 0 Å². The second-order valence-electron chi connectivity index (χ2n) is 3.92. The van der Waals surface area contributed by atoms with E-state index in [1.807, 2.05) is 30.0 Å². The Hall–Kier alpha value is -1.55. The minimum atomic E-state index is 0.531. The van der Waals surface area contributed by atoms with Crippen LogP contribution < -0.4 is 5.73 Å². The van der Waals surface area contributed by atoms with E-state index in [1.165, 1.54) is 4.90 Å². The average Bonchev–Trinajstić information content (AvgIpc) is 2.39. The Morgan fingerprint density at radius 2 is 1.83 bits per heavy atom. The highest BCUT2D eigenvalue weighted by Gasteiger charge is 2.04. The van der Waals surface area contributed by atoms with E-state index in [1.54, 1.807) is 0 Å². The van der Waals surface area contributed by atoms with Crippen molar-refractivity contribution >= 4 is 17.6 Å². The zero-order chi connectivity index (χ0) is 13.0. The van der Waals surface area contributed by atoms with Crippen LogP contribution in [0.4, 0.5) is 5.82 Å². The van der Waals surface area contributed by atoms with Gasteiger partial charge in [-0.05, 0) is 24.3 Å². The van der Waals surface area contributed by atoms with Gasteiger partial charge in [0.2, 0.25) is 0 Å². The standard InChI is InChI=1S/C14H17N3S/c1-3-11-9-13(15)17-14(16-11)10-5-7-12(8-6-10)18-4-2/h5-9H,3-4H2,1-2H3,(H2,15,16,17). The van der Waals surface area contributed by atoms with Gasteiger partial charge in [-0.25, -0.2) is 9.97 Å². The van der Waals surface area contributed by atoms with Gasteiger partial charge in [0.1, 0.15) is 5.82 Å². The maximum atomic E-state index is 5.79. The number of nitrogens with zero attached hydrogens (tertiary/aromatic N) is 2. The van der Waals surface area contributed by atoms with Crippen molar-refractivity contribution in [2.45, 2.75) is 25.2 Å². The number of hydrogen-bond acceptors (Lipinski definition) is 4. The van der Waals surface area contributed by atoms with Gasteiger partial charge >= 0.3 is 0 Å². The van der Waals surface area contributed by atoms with Crippen LogP contribution in [-0.4, -0.2) is 15.7 Å². The van der Waals surface area contributed by atoms with E-state index >= 15 is 0 Å². The van der Waals surface area contributed by atoms with Crippen LogP contribution in [0.2, 0.25) is 0 Å². The summed E-state index contributed by atoms with van der Waals surface area (Å²) in [6.07, 6.45) is 0.865. The highest BCUT2D eigenvalue weighted by Crippen LogP contribution is 2.22. The highest BCUT2D eigenvalue weighted by molar-refractivity contribution is 7.99. The minimum Gasteiger partial charge on any atom is -0.384 e. The normalized spacial score (nSPS) is 10.6. The molecule has 2 N–H and O–H groups in total. The number of hydrogen-bond donors (Lipinski definition) is 1. The van der Waals surface area contributed by atoms with Crippen LogP contribution in [0.15, 0.2) is 35.2 Å². The van der Waals surface area contributed by atoms with Crippen molar-refractivity contribution in [1.82, 2.24) is 9.97 Å². The Morgan fingerprint density at radius 3 is 2.44 bits per heavy atom. The molecule has 0 fully saturated rings. The molecule has 0 aliphatic rings. The third kappa shape index (κ3) is 3.01. The molecule has 1 heterocycles. The van der Waals surface area contributed by atoms with Crippen LogP contribution in [0.5, 0.6) is 0 Å². The van der Waals surface area contributed by atoms with Crippen LogP contribution in [0.25, 0.3) is 11.4 Å². The quantitative estimate of drug-likeness (QED) is 0.855. The van der Waals surface area contributed by atoms with E-state index in [-0.39, 0.29) is 0 Å². The summed E-state index contributed by atoms with van der Waals surface area (Å²) in [4.78, 5) is 10.1. The summed E-state index contributed by atoms with van der Waals surface area (Å²) in [6.45, 7) is 4.21. The summed E-state index contributed by atoms with van der Waals surface area (Å²) in [5, 5.41) is 0. The molecule has 0 saturated heterocycles. The average molecular weight is 259 g/mol. The fourth-order valence-electron chi connectivity index (χ4n) is 1.70. The predicted octanol–water partition coefficient (Wildman–Crippen LogP) is 3.40. The Bertz CT molecular complexity index is 523. The summed E-state index contributed by atoms with van der Waals surface area (Å²) in [5.74, 6) is 2.32. The first-order chi connectivity index (χ1) is 8.72. The Labute approximate surface area is 112 Å². The highest BCUT2D eigenvalue weighted by atomic mass is 32.2.